The Hall–Kier alpha value is -8.46. The molecule has 324 valence electrons. The standard InChI is InChI=1S/C66H50N2/c1-45-17-6-5-15-40-66(2,3)62-44-55(37-39-56(45)62)68-63-27-14-13-26-60(63)61-38-32-51(42-65(61)68)50-22-16-21-49(41-50)48-30-35-54(36-31-48)67(53-33-28-47(29-34-53)46-18-7-4-8-19-46)64-43-52-20-9-10-23-57(52)58-24-11-12-25-59(58)64/h4-39,41-44H,1,40H2,2-3H3/b15-5-,17-6-. The summed E-state index contributed by atoms with van der Waals surface area (Å²) in [6.45, 7) is 9.16. The number of aromatic nitrogens is 1. The summed E-state index contributed by atoms with van der Waals surface area (Å²) in [6, 6.07) is 80.2. The van der Waals surface area contributed by atoms with Crippen LogP contribution in [-0.2, 0) is 5.41 Å². The summed E-state index contributed by atoms with van der Waals surface area (Å²) in [4.78, 5) is 2.41. The number of hydrogen-bond donors (Lipinski definition) is 0. The van der Waals surface area contributed by atoms with Crippen LogP contribution in [0.15, 0.2) is 249 Å². The van der Waals surface area contributed by atoms with Crippen molar-refractivity contribution >= 4 is 66.0 Å². The van der Waals surface area contributed by atoms with Gasteiger partial charge in [0.2, 0.25) is 0 Å². The zero-order valence-corrected chi connectivity index (χ0v) is 38.4. The predicted octanol–water partition coefficient (Wildman–Crippen LogP) is 18.4. The molecule has 0 fully saturated rings. The highest BCUT2D eigenvalue weighted by molar-refractivity contribution is 6.15. The highest BCUT2D eigenvalue weighted by atomic mass is 15.1. The smallest absolute Gasteiger partial charge is 0.0547 e. The Bertz CT molecular complexity index is 3790. The minimum atomic E-state index is -0.0728. The topological polar surface area (TPSA) is 8.17 Å². The Morgan fingerprint density at radius 1 is 0.441 bits per heavy atom. The van der Waals surface area contributed by atoms with Gasteiger partial charge in [-0.15, -0.1) is 0 Å². The van der Waals surface area contributed by atoms with E-state index in [1.807, 2.05) is 0 Å². The van der Waals surface area contributed by atoms with Crippen molar-refractivity contribution in [3.05, 3.63) is 260 Å². The lowest BCUT2D eigenvalue weighted by molar-refractivity contribution is 0.533. The van der Waals surface area contributed by atoms with Crippen molar-refractivity contribution in [2.24, 2.45) is 0 Å². The largest absolute Gasteiger partial charge is 0.310 e. The summed E-state index contributed by atoms with van der Waals surface area (Å²) in [5, 5.41) is 7.42. The Labute approximate surface area is 398 Å². The minimum Gasteiger partial charge on any atom is -0.310 e. The van der Waals surface area contributed by atoms with Gasteiger partial charge in [0.1, 0.15) is 0 Å². The van der Waals surface area contributed by atoms with Crippen molar-refractivity contribution in [3.8, 4) is 39.1 Å². The van der Waals surface area contributed by atoms with E-state index in [9.17, 15) is 0 Å². The number of anilines is 3. The molecule has 1 aliphatic rings. The molecule has 0 N–H and O–H groups in total. The maximum atomic E-state index is 4.47. The Morgan fingerprint density at radius 2 is 1.01 bits per heavy atom. The first-order valence-electron chi connectivity index (χ1n) is 23.7. The summed E-state index contributed by atoms with van der Waals surface area (Å²) >= 11 is 0. The maximum Gasteiger partial charge on any atom is 0.0547 e. The number of allylic oxidation sites excluding steroid dienone is 5. The lowest BCUT2D eigenvalue weighted by Gasteiger charge is -2.28. The van der Waals surface area contributed by atoms with Gasteiger partial charge < -0.3 is 9.47 Å². The molecule has 1 aliphatic carbocycles. The molecule has 0 radical (unpaired) electrons. The molecular formula is C66H50N2. The van der Waals surface area contributed by atoms with Crippen molar-refractivity contribution in [2.75, 3.05) is 4.90 Å². The first kappa shape index (κ1) is 41.0. The zero-order valence-electron chi connectivity index (χ0n) is 38.4. The molecule has 0 spiro atoms. The number of fused-ring (bicyclic) bond motifs is 7. The second-order valence-corrected chi connectivity index (χ2v) is 18.8. The van der Waals surface area contributed by atoms with Gasteiger partial charge in [-0.1, -0.05) is 202 Å². The molecule has 0 unspecified atom stereocenters. The molecule has 10 aromatic carbocycles. The van der Waals surface area contributed by atoms with Gasteiger partial charge in [-0.05, 0) is 139 Å². The molecule has 12 rings (SSSR count). The second-order valence-electron chi connectivity index (χ2n) is 18.8. The SMILES string of the molecule is C=C1/C=C\C=C/CC(C)(C)c2cc(-n3c4ccccc4c4ccc(-c5cccc(-c6ccc(N(c7ccc(-c8ccccc8)cc7)c7cc8ccccc8c8ccccc78)cc6)c5)cc43)ccc21. The predicted molar refractivity (Wildman–Crippen MR) is 292 cm³/mol. The fourth-order valence-electron chi connectivity index (χ4n) is 10.5. The van der Waals surface area contributed by atoms with Crippen molar-refractivity contribution in [1.82, 2.24) is 4.57 Å². The average Bonchev–Trinajstić information content (AvgIpc) is 3.74. The van der Waals surface area contributed by atoms with Crippen LogP contribution in [0, 0.1) is 0 Å². The molecule has 1 aromatic heterocycles. The molecule has 0 saturated carbocycles. The molecule has 0 saturated heterocycles. The third-order valence-corrected chi connectivity index (χ3v) is 14.1. The van der Waals surface area contributed by atoms with Gasteiger partial charge in [0, 0.05) is 33.2 Å². The van der Waals surface area contributed by atoms with E-state index in [1.54, 1.807) is 0 Å². The van der Waals surface area contributed by atoms with Gasteiger partial charge in [0.05, 0.1) is 16.7 Å². The van der Waals surface area contributed by atoms with Gasteiger partial charge in [-0.2, -0.15) is 0 Å². The van der Waals surface area contributed by atoms with Crippen molar-refractivity contribution in [1.29, 1.82) is 0 Å². The van der Waals surface area contributed by atoms with Crippen molar-refractivity contribution < 1.29 is 0 Å². The molecular weight excluding hydrogens is 821 g/mol. The van der Waals surface area contributed by atoms with Crippen LogP contribution < -0.4 is 4.90 Å². The third kappa shape index (κ3) is 7.23. The number of hydrogen-bond acceptors (Lipinski definition) is 1. The highest BCUT2D eigenvalue weighted by Crippen LogP contribution is 2.44. The van der Waals surface area contributed by atoms with Crippen LogP contribution in [-0.4, -0.2) is 4.57 Å². The normalized spacial score (nSPS) is 14.4. The van der Waals surface area contributed by atoms with Gasteiger partial charge in [-0.25, -0.2) is 0 Å². The van der Waals surface area contributed by atoms with E-state index < -0.39 is 0 Å². The molecule has 1 heterocycles. The number of rotatable bonds is 7. The monoisotopic (exact) mass is 870 g/mol. The molecule has 0 bridgehead atoms. The maximum absolute atomic E-state index is 4.47. The Morgan fingerprint density at radius 3 is 1.78 bits per heavy atom. The molecule has 2 heteroatoms. The molecule has 0 aliphatic heterocycles. The first-order chi connectivity index (χ1) is 33.4. The molecule has 0 amide bonds. The van der Waals surface area contributed by atoms with E-state index >= 15 is 0 Å². The summed E-state index contributed by atoms with van der Waals surface area (Å²) in [7, 11) is 0. The molecule has 11 aromatic rings. The number of para-hydroxylation sites is 1. The van der Waals surface area contributed by atoms with E-state index in [4.69, 9.17) is 0 Å². The lowest BCUT2D eigenvalue weighted by Crippen LogP contribution is -2.18. The molecule has 68 heavy (non-hydrogen) atoms. The van der Waals surface area contributed by atoms with Crippen LogP contribution in [0.25, 0.3) is 88.0 Å². The van der Waals surface area contributed by atoms with Crippen LogP contribution in [0.4, 0.5) is 17.1 Å². The van der Waals surface area contributed by atoms with Crippen LogP contribution in [0.3, 0.4) is 0 Å². The first-order valence-corrected chi connectivity index (χ1v) is 23.7. The van der Waals surface area contributed by atoms with E-state index in [1.165, 1.54) is 87.9 Å². The van der Waals surface area contributed by atoms with Crippen LogP contribution in [0.5, 0.6) is 0 Å². The van der Waals surface area contributed by atoms with E-state index in [-0.39, 0.29) is 5.41 Å². The fourth-order valence-corrected chi connectivity index (χ4v) is 10.5. The third-order valence-electron chi connectivity index (χ3n) is 14.1. The van der Waals surface area contributed by atoms with E-state index in [0.29, 0.717) is 0 Å². The van der Waals surface area contributed by atoms with E-state index in [0.717, 1.165) is 34.7 Å². The number of nitrogens with zero attached hydrogens (tertiary/aromatic N) is 2. The summed E-state index contributed by atoms with van der Waals surface area (Å²) in [5.41, 5.74) is 17.5. The highest BCUT2D eigenvalue weighted by Gasteiger charge is 2.25. The van der Waals surface area contributed by atoms with E-state index in [2.05, 4.69) is 273 Å². The summed E-state index contributed by atoms with van der Waals surface area (Å²) < 4.78 is 2.45. The van der Waals surface area contributed by atoms with Gasteiger partial charge in [-0.3, -0.25) is 0 Å². The second kappa shape index (κ2) is 16.8. The van der Waals surface area contributed by atoms with Crippen molar-refractivity contribution in [3.63, 3.8) is 0 Å². The summed E-state index contributed by atoms with van der Waals surface area (Å²) in [6.07, 6.45) is 9.60. The van der Waals surface area contributed by atoms with Crippen LogP contribution >= 0.6 is 0 Å². The quantitative estimate of drug-likeness (QED) is 0.145. The van der Waals surface area contributed by atoms with Gasteiger partial charge in [0.25, 0.3) is 0 Å². The van der Waals surface area contributed by atoms with Crippen LogP contribution in [0.1, 0.15) is 31.4 Å². The van der Waals surface area contributed by atoms with Gasteiger partial charge >= 0.3 is 0 Å². The Balaban J connectivity index is 0.938. The van der Waals surface area contributed by atoms with Crippen molar-refractivity contribution in [2.45, 2.75) is 25.7 Å². The Kier molecular flexibility index (Phi) is 10.1. The molecule has 0 atom stereocenters. The average molecular weight is 871 g/mol. The minimum absolute atomic E-state index is 0.0728. The lowest BCUT2D eigenvalue weighted by atomic mass is 9.77. The van der Waals surface area contributed by atoms with Gasteiger partial charge in [0.15, 0.2) is 0 Å². The zero-order chi connectivity index (χ0) is 45.8. The van der Waals surface area contributed by atoms with Crippen LogP contribution in [0.2, 0.25) is 0 Å². The number of benzene rings is 10. The summed E-state index contributed by atoms with van der Waals surface area (Å²) in [5.74, 6) is 0. The fraction of sp³-hybridized carbons (Fsp3) is 0.0606. The molecule has 2 nitrogen and oxygen atoms in total.